The molecule has 2 atom stereocenters. The Morgan fingerprint density at radius 1 is 1.38 bits per heavy atom. The summed E-state index contributed by atoms with van der Waals surface area (Å²) < 4.78 is 0. The van der Waals surface area contributed by atoms with E-state index in [1.807, 2.05) is 25.1 Å². The molecule has 0 aliphatic heterocycles. The van der Waals surface area contributed by atoms with Gasteiger partial charge in [-0.05, 0) is 31.9 Å². The summed E-state index contributed by atoms with van der Waals surface area (Å²) in [5, 5.41) is 0. The van der Waals surface area contributed by atoms with Gasteiger partial charge in [0.15, 0.2) is 0 Å². The van der Waals surface area contributed by atoms with Crippen molar-refractivity contribution >= 4 is 0 Å². The van der Waals surface area contributed by atoms with Gasteiger partial charge < -0.3 is 11.5 Å². The molecule has 0 aliphatic rings. The lowest BCUT2D eigenvalue weighted by Crippen LogP contribution is -2.39. The number of hydrogen-bond donors (Lipinski definition) is 2. The van der Waals surface area contributed by atoms with Crippen LogP contribution in [-0.2, 0) is 6.42 Å². The van der Waals surface area contributed by atoms with Crippen LogP contribution in [0.5, 0.6) is 0 Å². The minimum Gasteiger partial charge on any atom is -0.327 e. The molecule has 1 aromatic heterocycles. The summed E-state index contributed by atoms with van der Waals surface area (Å²) in [6, 6.07) is 6.04. The fraction of sp³-hybridized carbons (Fsp3) is 0.500. The van der Waals surface area contributed by atoms with E-state index in [-0.39, 0.29) is 12.1 Å². The normalized spacial score (nSPS) is 15.3. The average molecular weight is 179 g/mol. The van der Waals surface area contributed by atoms with Gasteiger partial charge >= 0.3 is 0 Å². The van der Waals surface area contributed by atoms with Crippen molar-refractivity contribution < 1.29 is 0 Å². The van der Waals surface area contributed by atoms with Crippen LogP contribution in [0.3, 0.4) is 0 Å². The summed E-state index contributed by atoms with van der Waals surface area (Å²) in [7, 11) is 0. The van der Waals surface area contributed by atoms with Crippen LogP contribution >= 0.6 is 0 Å². The maximum atomic E-state index is 5.81. The minimum absolute atomic E-state index is 0.0590. The molecule has 13 heavy (non-hydrogen) atoms. The lowest BCUT2D eigenvalue weighted by atomic mass is 10.0. The molecule has 0 spiro atoms. The van der Waals surface area contributed by atoms with E-state index in [2.05, 4.69) is 4.98 Å². The number of hydrogen-bond acceptors (Lipinski definition) is 3. The fourth-order valence-corrected chi connectivity index (χ4v) is 1.12. The second-order valence-corrected chi connectivity index (χ2v) is 3.38. The zero-order valence-corrected chi connectivity index (χ0v) is 7.98. The summed E-state index contributed by atoms with van der Waals surface area (Å²) in [5.41, 5.74) is 12.5. The van der Waals surface area contributed by atoms with E-state index in [1.54, 1.807) is 6.20 Å². The highest BCUT2D eigenvalue weighted by atomic mass is 14.8. The fourth-order valence-electron chi connectivity index (χ4n) is 1.12. The van der Waals surface area contributed by atoms with Gasteiger partial charge in [-0.1, -0.05) is 6.07 Å². The van der Waals surface area contributed by atoms with E-state index in [4.69, 9.17) is 11.5 Å². The molecule has 0 aromatic carbocycles. The summed E-state index contributed by atoms with van der Waals surface area (Å²) in [4.78, 5) is 4.21. The van der Waals surface area contributed by atoms with E-state index in [9.17, 15) is 0 Å². The molecule has 0 amide bonds. The zero-order valence-electron chi connectivity index (χ0n) is 7.98. The van der Waals surface area contributed by atoms with Gasteiger partial charge in [0.2, 0.25) is 0 Å². The second-order valence-electron chi connectivity index (χ2n) is 3.38. The first-order chi connectivity index (χ1) is 6.20. The molecule has 1 aromatic rings. The van der Waals surface area contributed by atoms with Gasteiger partial charge in [-0.2, -0.15) is 0 Å². The van der Waals surface area contributed by atoms with E-state index < -0.39 is 0 Å². The SMILES string of the molecule is CC(N)C(N)CCc1ccccn1. The summed E-state index contributed by atoms with van der Waals surface area (Å²) >= 11 is 0. The Morgan fingerprint density at radius 2 is 2.15 bits per heavy atom. The Labute approximate surface area is 79.2 Å². The van der Waals surface area contributed by atoms with Crippen molar-refractivity contribution in [2.45, 2.75) is 31.8 Å². The Hall–Kier alpha value is -0.930. The predicted octanol–water partition coefficient (Wildman–Crippen LogP) is 0.689. The van der Waals surface area contributed by atoms with Gasteiger partial charge in [-0.3, -0.25) is 4.98 Å². The van der Waals surface area contributed by atoms with Gasteiger partial charge in [-0.15, -0.1) is 0 Å². The highest BCUT2D eigenvalue weighted by molar-refractivity contribution is 5.03. The van der Waals surface area contributed by atoms with Gasteiger partial charge in [0.1, 0.15) is 0 Å². The molecule has 0 fully saturated rings. The number of rotatable bonds is 4. The number of nitrogens with two attached hydrogens (primary N) is 2. The molecule has 0 aliphatic carbocycles. The standard InChI is InChI=1S/C10H17N3/c1-8(11)10(12)6-5-9-4-2-3-7-13-9/h2-4,7-8,10H,5-6,11-12H2,1H3. The summed E-state index contributed by atoms with van der Waals surface area (Å²) in [6.45, 7) is 1.93. The molecule has 2 unspecified atom stereocenters. The van der Waals surface area contributed by atoms with Gasteiger partial charge in [-0.25, -0.2) is 0 Å². The predicted molar refractivity (Wildman–Crippen MR) is 54.2 cm³/mol. The molecular formula is C10H17N3. The topological polar surface area (TPSA) is 64.9 Å². The third-order valence-electron chi connectivity index (χ3n) is 2.14. The smallest absolute Gasteiger partial charge is 0.0404 e. The van der Waals surface area contributed by atoms with Gasteiger partial charge in [0.05, 0.1) is 0 Å². The van der Waals surface area contributed by atoms with Crippen LogP contribution in [0.4, 0.5) is 0 Å². The Bertz CT molecular complexity index is 233. The van der Waals surface area contributed by atoms with E-state index in [0.717, 1.165) is 18.5 Å². The Morgan fingerprint density at radius 3 is 2.69 bits per heavy atom. The molecule has 1 heterocycles. The summed E-state index contributed by atoms with van der Waals surface area (Å²) in [5.74, 6) is 0. The lowest BCUT2D eigenvalue weighted by Gasteiger charge is -2.14. The molecule has 4 N–H and O–H groups in total. The van der Waals surface area contributed by atoms with Crippen molar-refractivity contribution in [3.63, 3.8) is 0 Å². The minimum atomic E-state index is 0.0590. The molecule has 0 bridgehead atoms. The maximum absolute atomic E-state index is 5.81. The van der Waals surface area contributed by atoms with Crippen molar-refractivity contribution in [1.82, 2.24) is 4.98 Å². The van der Waals surface area contributed by atoms with E-state index in [0.29, 0.717) is 0 Å². The first-order valence-electron chi connectivity index (χ1n) is 4.61. The van der Waals surface area contributed by atoms with Crippen molar-refractivity contribution in [3.8, 4) is 0 Å². The number of aromatic nitrogens is 1. The molecule has 72 valence electrons. The van der Waals surface area contributed by atoms with Gasteiger partial charge in [0, 0.05) is 24.0 Å². The third-order valence-corrected chi connectivity index (χ3v) is 2.14. The third kappa shape index (κ3) is 3.53. The average Bonchev–Trinajstić information content (AvgIpc) is 2.15. The van der Waals surface area contributed by atoms with Crippen LogP contribution < -0.4 is 11.5 Å². The second kappa shape index (κ2) is 4.94. The number of aryl methyl sites for hydroxylation is 1. The van der Waals surface area contributed by atoms with Crippen LogP contribution in [-0.4, -0.2) is 17.1 Å². The Kier molecular flexibility index (Phi) is 3.86. The zero-order chi connectivity index (χ0) is 9.68. The van der Waals surface area contributed by atoms with Crippen molar-refractivity contribution in [3.05, 3.63) is 30.1 Å². The molecule has 3 nitrogen and oxygen atoms in total. The molecule has 3 heteroatoms. The highest BCUT2D eigenvalue weighted by Gasteiger charge is 2.07. The van der Waals surface area contributed by atoms with Crippen LogP contribution in [0.25, 0.3) is 0 Å². The molecule has 1 rings (SSSR count). The lowest BCUT2D eigenvalue weighted by molar-refractivity contribution is 0.521. The highest BCUT2D eigenvalue weighted by Crippen LogP contribution is 2.01. The van der Waals surface area contributed by atoms with Crippen molar-refractivity contribution in [1.29, 1.82) is 0 Å². The Balaban J connectivity index is 2.35. The molecular weight excluding hydrogens is 162 g/mol. The van der Waals surface area contributed by atoms with E-state index >= 15 is 0 Å². The molecule has 0 radical (unpaired) electrons. The first kappa shape index (κ1) is 10.2. The van der Waals surface area contributed by atoms with Crippen LogP contribution in [0.15, 0.2) is 24.4 Å². The first-order valence-corrected chi connectivity index (χ1v) is 4.61. The molecule has 0 saturated heterocycles. The van der Waals surface area contributed by atoms with Crippen molar-refractivity contribution in [2.75, 3.05) is 0 Å². The number of nitrogens with zero attached hydrogens (tertiary/aromatic N) is 1. The van der Waals surface area contributed by atoms with Crippen LogP contribution in [0.2, 0.25) is 0 Å². The van der Waals surface area contributed by atoms with Gasteiger partial charge in [0.25, 0.3) is 0 Å². The molecule has 0 saturated carbocycles. The van der Waals surface area contributed by atoms with Crippen LogP contribution in [0.1, 0.15) is 19.0 Å². The van der Waals surface area contributed by atoms with E-state index in [1.165, 1.54) is 0 Å². The monoisotopic (exact) mass is 179 g/mol. The summed E-state index contributed by atoms with van der Waals surface area (Å²) in [6.07, 6.45) is 3.60. The number of pyridine rings is 1. The largest absolute Gasteiger partial charge is 0.327 e. The maximum Gasteiger partial charge on any atom is 0.0404 e. The quantitative estimate of drug-likeness (QED) is 0.714. The van der Waals surface area contributed by atoms with Crippen LogP contribution in [0, 0.1) is 0 Å². The van der Waals surface area contributed by atoms with Crippen molar-refractivity contribution in [2.24, 2.45) is 11.5 Å².